The number of carbonyl (C=O) groups excluding carboxylic acids is 2. The SMILES string of the molecule is O=C(NC1CCCC1)[C@H](Cc1ccccc1)N(Cc1ccccc1Cl)C(=O)Cc1ccccc1Cl. The summed E-state index contributed by atoms with van der Waals surface area (Å²) in [7, 11) is 0. The number of halogens is 2. The molecule has 1 N–H and O–H groups in total. The molecule has 4 nitrogen and oxygen atoms in total. The summed E-state index contributed by atoms with van der Waals surface area (Å²) in [6.07, 6.45) is 4.69. The molecule has 0 saturated heterocycles. The summed E-state index contributed by atoms with van der Waals surface area (Å²) in [4.78, 5) is 29.1. The molecule has 3 aromatic carbocycles. The Morgan fingerprint density at radius 3 is 2.03 bits per heavy atom. The van der Waals surface area contributed by atoms with Crippen LogP contribution in [0.5, 0.6) is 0 Å². The minimum atomic E-state index is -0.677. The zero-order chi connectivity index (χ0) is 24.6. The Morgan fingerprint density at radius 1 is 0.829 bits per heavy atom. The zero-order valence-electron chi connectivity index (χ0n) is 19.6. The van der Waals surface area contributed by atoms with E-state index in [0.717, 1.165) is 42.4 Å². The number of amides is 2. The second-order valence-electron chi connectivity index (χ2n) is 9.08. The van der Waals surface area contributed by atoms with Gasteiger partial charge in [0.2, 0.25) is 11.8 Å². The van der Waals surface area contributed by atoms with E-state index in [1.807, 2.05) is 66.7 Å². The lowest BCUT2D eigenvalue weighted by Crippen LogP contribution is -2.52. The minimum Gasteiger partial charge on any atom is -0.352 e. The molecule has 6 heteroatoms. The smallest absolute Gasteiger partial charge is 0.243 e. The van der Waals surface area contributed by atoms with Gasteiger partial charge in [-0.25, -0.2) is 0 Å². The molecule has 1 atom stereocenters. The van der Waals surface area contributed by atoms with Gasteiger partial charge >= 0.3 is 0 Å². The highest BCUT2D eigenvalue weighted by Gasteiger charge is 2.32. The van der Waals surface area contributed by atoms with Gasteiger partial charge < -0.3 is 10.2 Å². The van der Waals surface area contributed by atoms with Gasteiger partial charge in [-0.2, -0.15) is 0 Å². The quantitative estimate of drug-likeness (QED) is 0.372. The molecule has 1 aliphatic carbocycles. The number of carbonyl (C=O) groups is 2. The van der Waals surface area contributed by atoms with Gasteiger partial charge in [-0.05, 0) is 41.7 Å². The first kappa shape index (κ1) is 25.3. The lowest BCUT2D eigenvalue weighted by molar-refractivity contribution is -0.141. The van der Waals surface area contributed by atoms with Crippen molar-refractivity contribution in [2.24, 2.45) is 0 Å². The second-order valence-corrected chi connectivity index (χ2v) is 9.89. The van der Waals surface area contributed by atoms with Crippen LogP contribution in [-0.4, -0.2) is 28.8 Å². The maximum atomic E-state index is 13.8. The van der Waals surface area contributed by atoms with Gasteiger partial charge in [-0.15, -0.1) is 0 Å². The summed E-state index contributed by atoms with van der Waals surface area (Å²) in [6, 6.07) is 24.1. The Hall–Kier alpha value is -2.82. The Balaban J connectivity index is 1.68. The molecule has 0 unspecified atom stereocenters. The van der Waals surface area contributed by atoms with E-state index in [1.54, 1.807) is 17.0 Å². The molecule has 0 radical (unpaired) electrons. The van der Waals surface area contributed by atoms with Gasteiger partial charge in [0.05, 0.1) is 6.42 Å². The molecule has 3 aromatic rings. The summed E-state index contributed by atoms with van der Waals surface area (Å²) in [5.41, 5.74) is 2.53. The van der Waals surface area contributed by atoms with E-state index in [9.17, 15) is 9.59 Å². The first-order valence-electron chi connectivity index (χ1n) is 12.1. The molecular formula is C29H30Cl2N2O2. The molecule has 0 aliphatic heterocycles. The van der Waals surface area contributed by atoms with Crippen LogP contribution < -0.4 is 5.32 Å². The third-order valence-electron chi connectivity index (χ3n) is 6.57. The Kier molecular flexibility index (Phi) is 8.84. The highest BCUT2D eigenvalue weighted by atomic mass is 35.5. The summed E-state index contributed by atoms with van der Waals surface area (Å²) >= 11 is 12.9. The normalized spacial score (nSPS) is 14.5. The van der Waals surface area contributed by atoms with Crippen molar-refractivity contribution in [3.63, 3.8) is 0 Å². The molecule has 2 amide bonds. The van der Waals surface area contributed by atoms with Crippen LogP contribution in [0.1, 0.15) is 42.4 Å². The van der Waals surface area contributed by atoms with Gasteiger partial charge in [-0.3, -0.25) is 9.59 Å². The zero-order valence-corrected chi connectivity index (χ0v) is 21.1. The van der Waals surface area contributed by atoms with Crippen molar-refractivity contribution in [2.45, 2.75) is 57.2 Å². The first-order valence-corrected chi connectivity index (χ1v) is 12.9. The molecule has 0 spiro atoms. The molecule has 0 bridgehead atoms. The van der Waals surface area contributed by atoms with Crippen molar-refractivity contribution in [1.82, 2.24) is 10.2 Å². The lowest BCUT2D eigenvalue weighted by atomic mass is 10.0. The Morgan fingerprint density at radius 2 is 1.40 bits per heavy atom. The predicted molar refractivity (Wildman–Crippen MR) is 141 cm³/mol. The maximum absolute atomic E-state index is 13.8. The first-order chi connectivity index (χ1) is 17.0. The lowest BCUT2D eigenvalue weighted by Gasteiger charge is -2.33. The number of rotatable bonds is 9. The fourth-order valence-corrected chi connectivity index (χ4v) is 5.04. The summed E-state index contributed by atoms with van der Waals surface area (Å²) < 4.78 is 0. The molecule has 0 aromatic heterocycles. The van der Waals surface area contributed by atoms with Gasteiger partial charge in [0, 0.05) is 29.1 Å². The summed E-state index contributed by atoms with van der Waals surface area (Å²) in [5.74, 6) is -0.291. The topological polar surface area (TPSA) is 49.4 Å². The Labute approximate surface area is 217 Å². The molecule has 1 saturated carbocycles. The van der Waals surface area contributed by atoms with Crippen molar-refractivity contribution in [1.29, 1.82) is 0 Å². The standard InChI is InChI=1S/C29H30Cl2N2O2/c30-25-16-8-4-12-22(25)19-28(34)33(20-23-13-5-9-17-26(23)31)27(18-21-10-2-1-3-11-21)29(35)32-24-14-6-7-15-24/h1-5,8-13,16-17,24,27H,6-7,14-15,18-20H2,(H,32,35)/t27-/m0/s1. The fourth-order valence-electron chi connectivity index (χ4n) is 4.64. The van der Waals surface area contributed by atoms with Crippen molar-refractivity contribution in [3.8, 4) is 0 Å². The van der Waals surface area contributed by atoms with Crippen LogP contribution in [0, 0.1) is 0 Å². The number of nitrogens with one attached hydrogen (secondary N) is 1. The second kappa shape index (κ2) is 12.2. The van der Waals surface area contributed by atoms with Gasteiger partial charge in [0.25, 0.3) is 0 Å². The van der Waals surface area contributed by atoms with E-state index < -0.39 is 6.04 Å². The molecule has 35 heavy (non-hydrogen) atoms. The van der Waals surface area contributed by atoms with Crippen molar-refractivity contribution in [3.05, 3.63) is 106 Å². The largest absolute Gasteiger partial charge is 0.352 e. The predicted octanol–water partition coefficient (Wildman–Crippen LogP) is 6.23. The average molecular weight is 509 g/mol. The van der Waals surface area contributed by atoms with E-state index in [2.05, 4.69) is 5.32 Å². The highest BCUT2D eigenvalue weighted by molar-refractivity contribution is 6.31. The van der Waals surface area contributed by atoms with Crippen LogP contribution >= 0.6 is 23.2 Å². The van der Waals surface area contributed by atoms with Crippen LogP contribution in [0.4, 0.5) is 0 Å². The molecule has 1 fully saturated rings. The van der Waals surface area contributed by atoms with Crippen LogP contribution in [0.15, 0.2) is 78.9 Å². The third kappa shape index (κ3) is 6.87. The van der Waals surface area contributed by atoms with Crippen molar-refractivity contribution in [2.75, 3.05) is 0 Å². The average Bonchev–Trinajstić information content (AvgIpc) is 3.37. The highest BCUT2D eigenvalue weighted by Crippen LogP contribution is 2.24. The summed E-state index contributed by atoms with van der Waals surface area (Å²) in [5, 5.41) is 4.32. The molecule has 4 rings (SSSR count). The molecule has 1 aliphatic rings. The minimum absolute atomic E-state index is 0.103. The molecule has 182 valence electrons. The van der Waals surface area contributed by atoms with E-state index in [4.69, 9.17) is 23.2 Å². The number of nitrogens with zero attached hydrogens (tertiary/aromatic N) is 1. The van der Waals surface area contributed by atoms with Crippen molar-refractivity contribution >= 4 is 35.0 Å². The van der Waals surface area contributed by atoms with Crippen LogP contribution in [-0.2, 0) is 29.0 Å². The van der Waals surface area contributed by atoms with E-state index in [0.29, 0.717) is 16.5 Å². The number of hydrogen-bond donors (Lipinski definition) is 1. The number of benzene rings is 3. The monoisotopic (exact) mass is 508 g/mol. The molecule has 0 heterocycles. The van der Waals surface area contributed by atoms with Crippen LogP contribution in [0.2, 0.25) is 10.0 Å². The maximum Gasteiger partial charge on any atom is 0.243 e. The van der Waals surface area contributed by atoms with Crippen LogP contribution in [0.3, 0.4) is 0 Å². The van der Waals surface area contributed by atoms with Crippen LogP contribution in [0.25, 0.3) is 0 Å². The third-order valence-corrected chi connectivity index (χ3v) is 7.31. The van der Waals surface area contributed by atoms with Gasteiger partial charge in [0.15, 0.2) is 0 Å². The Bertz CT molecular complexity index is 1150. The number of hydrogen-bond acceptors (Lipinski definition) is 2. The van der Waals surface area contributed by atoms with Crippen molar-refractivity contribution < 1.29 is 9.59 Å². The van der Waals surface area contributed by atoms with Gasteiger partial charge in [-0.1, -0.05) is 103 Å². The van der Waals surface area contributed by atoms with E-state index >= 15 is 0 Å². The molecular weight excluding hydrogens is 479 g/mol. The van der Waals surface area contributed by atoms with E-state index in [-0.39, 0.29) is 30.8 Å². The summed E-state index contributed by atoms with van der Waals surface area (Å²) in [6.45, 7) is 0.235. The fraction of sp³-hybridized carbons (Fsp3) is 0.310. The van der Waals surface area contributed by atoms with Gasteiger partial charge in [0.1, 0.15) is 6.04 Å². The van der Waals surface area contributed by atoms with E-state index in [1.165, 1.54) is 0 Å².